The number of rotatable bonds is 5. The van der Waals surface area contributed by atoms with Crippen LogP contribution in [0.3, 0.4) is 0 Å². The zero-order valence-electron chi connectivity index (χ0n) is 19.0. The zero-order valence-corrected chi connectivity index (χ0v) is 19.0. The van der Waals surface area contributed by atoms with Gasteiger partial charge in [-0.3, -0.25) is 29.5 Å². The molecule has 184 valence electrons. The largest absolute Gasteiger partial charge is 0.380 e. The minimum Gasteiger partial charge on any atom is -0.380 e. The lowest BCUT2D eigenvalue weighted by Gasteiger charge is -2.25. The number of hydrazone groups is 1. The average molecular weight is 475 g/mol. The van der Waals surface area contributed by atoms with Crippen LogP contribution in [0.4, 0.5) is 10.1 Å². The van der Waals surface area contributed by atoms with Crippen LogP contribution in [0.25, 0.3) is 10.9 Å². The summed E-state index contributed by atoms with van der Waals surface area (Å²) in [5, 5.41) is 8.86. The van der Waals surface area contributed by atoms with Crippen molar-refractivity contribution in [2.45, 2.75) is 76.4 Å². The Balaban J connectivity index is 1.80. The average Bonchev–Trinajstić information content (AvgIpc) is 3.36. The Labute approximate surface area is 195 Å². The van der Waals surface area contributed by atoms with Crippen molar-refractivity contribution < 1.29 is 9.18 Å². The van der Waals surface area contributed by atoms with Crippen LogP contribution in [0.15, 0.2) is 26.8 Å². The van der Waals surface area contributed by atoms with Crippen LogP contribution in [0.1, 0.15) is 63.8 Å². The summed E-state index contributed by atoms with van der Waals surface area (Å²) in [6.07, 6.45) is 8.69. The van der Waals surface area contributed by atoms with Crippen LogP contribution in [0.2, 0.25) is 0 Å². The molecule has 1 aromatic heterocycles. The first-order chi connectivity index (χ1) is 16.4. The van der Waals surface area contributed by atoms with E-state index in [1.54, 1.807) is 10.6 Å². The van der Waals surface area contributed by atoms with Gasteiger partial charge in [0, 0.05) is 12.1 Å². The standard InChI is InChI=1S/C22H31FN8O3/c23-16-10-15-18(11-17(16)26-13-6-2-1-3-7-13)31(14-8-4-5-9-14)22(34)30(20(15)33)12-19(32)27-21(28-24)29-25/h10-11,13-14,26H,1-9,12,24-25H2,(H2,27,28,29,32). The molecule has 34 heavy (non-hydrogen) atoms. The fraction of sp³-hybridized carbons (Fsp3) is 0.545. The minimum atomic E-state index is -0.737. The van der Waals surface area contributed by atoms with Crippen molar-refractivity contribution >= 4 is 28.5 Å². The molecule has 2 aromatic rings. The summed E-state index contributed by atoms with van der Waals surface area (Å²) in [6, 6.07) is 2.76. The number of nitrogens with two attached hydrogens (primary N) is 2. The number of carbonyl (C=O) groups excluding carboxylic acids is 1. The molecule has 0 atom stereocenters. The van der Waals surface area contributed by atoms with E-state index in [0.29, 0.717) is 11.2 Å². The Morgan fingerprint density at radius 3 is 2.41 bits per heavy atom. The normalized spacial score (nSPS) is 17.8. The van der Waals surface area contributed by atoms with E-state index < -0.39 is 29.5 Å². The number of hydrogen-bond donors (Lipinski definition) is 5. The maximum atomic E-state index is 15.1. The summed E-state index contributed by atoms with van der Waals surface area (Å²) in [5.74, 6) is 8.81. The van der Waals surface area contributed by atoms with E-state index in [0.717, 1.165) is 62.0 Å². The van der Waals surface area contributed by atoms with Gasteiger partial charge in [-0.1, -0.05) is 32.1 Å². The molecule has 0 bridgehead atoms. The van der Waals surface area contributed by atoms with Gasteiger partial charge in [-0.2, -0.15) is 0 Å². The van der Waals surface area contributed by atoms with Gasteiger partial charge in [-0.15, -0.1) is 5.10 Å². The van der Waals surface area contributed by atoms with Gasteiger partial charge in [0.2, 0.25) is 11.9 Å². The Hall–Kier alpha value is -3.41. The Bertz CT molecular complexity index is 1210. The number of hydrogen-bond acceptors (Lipinski definition) is 7. The predicted octanol–water partition coefficient (Wildman–Crippen LogP) is 0.971. The lowest BCUT2D eigenvalue weighted by Crippen LogP contribution is -2.49. The molecule has 2 saturated carbocycles. The lowest BCUT2D eigenvalue weighted by molar-refractivity contribution is -0.120. The summed E-state index contributed by atoms with van der Waals surface area (Å²) < 4.78 is 17.4. The number of carbonyl (C=O) groups is 1. The first kappa shape index (κ1) is 23.7. The number of fused-ring (bicyclic) bond motifs is 1. The summed E-state index contributed by atoms with van der Waals surface area (Å²) in [4.78, 5) is 39.1. The first-order valence-corrected chi connectivity index (χ1v) is 11.7. The highest BCUT2D eigenvalue weighted by Crippen LogP contribution is 2.32. The van der Waals surface area contributed by atoms with Crippen molar-refractivity contribution in [3.05, 3.63) is 38.8 Å². The maximum absolute atomic E-state index is 15.1. The number of hydrazine groups is 1. The van der Waals surface area contributed by atoms with Crippen LogP contribution in [0.5, 0.6) is 0 Å². The topological polar surface area (TPSA) is 162 Å². The molecule has 0 spiro atoms. The zero-order chi connectivity index (χ0) is 24.2. The lowest BCUT2D eigenvalue weighted by atomic mass is 9.95. The van der Waals surface area contributed by atoms with Crippen molar-refractivity contribution in [3.8, 4) is 0 Å². The smallest absolute Gasteiger partial charge is 0.332 e. The third kappa shape index (κ3) is 4.76. The first-order valence-electron chi connectivity index (χ1n) is 11.7. The molecule has 11 nitrogen and oxygen atoms in total. The van der Waals surface area contributed by atoms with E-state index in [4.69, 9.17) is 11.7 Å². The van der Waals surface area contributed by atoms with Gasteiger partial charge < -0.3 is 11.2 Å². The third-order valence-electron chi connectivity index (χ3n) is 6.74. The molecule has 0 saturated heterocycles. The molecular formula is C22H31FN8O3. The highest BCUT2D eigenvalue weighted by atomic mass is 19.1. The van der Waals surface area contributed by atoms with E-state index in [2.05, 4.69) is 21.2 Å². The van der Waals surface area contributed by atoms with Gasteiger partial charge in [0.25, 0.3) is 5.56 Å². The molecule has 2 fully saturated rings. The van der Waals surface area contributed by atoms with E-state index in [9.17, 15) is 14.4 Å². The fourth-order valence-electron chi connectivity index (χ4n) is 5.05. The molecule has 2 aliphatic carbocycles. The van der Waals surface area contributed by atoms with Gasteiger partial charge in [-0.25, -0.2) is 15.0 Å². The highest BCUT2D eigenvalue weighted by Gasteiger charge is 2.25. The third-order valence-corrected chi connectivity index (χ3v) is 6.74. The van der Waals surface area contributed by atoms with Gasteiger partial charge in [0.05, 0.1) is 16.6 Å². The van der Waals surface area contributed by atoms with E-state index in [1.165, 1.54) is 6.42 Å². The van der Waals surface area contributed by atoms with Gasteiger partial charge in [0.15, 0.2) is 0 Å². The molecule has 12 heteroatoms. The van der Waals surface area contributed by atoms with Crippen LogP contribution < -0.4 is 39.0 Å². The molecule has 1 heterocycles. The van der Waals surface area contributed by atoms with E-state index in [-0.39, 0.29) is 23.4 Å². The van der Waals surface area contributed by atoms with Crippen molar-refractivity contribution in [1.29, 1.82) is 0 Å². The molecule has 1 amide bonds. The Morgan fingerprint density at radius 1 is 1.09 bits per heavy atom. The second-order valence-electron chi connectivity index (χ2n) is 8.98. The second kappa shape index (κ2) is 10.2. The summed E-state index contributed by atoms with van der Waals surface area (Å²) >= 11 is 0. The predicted molar refractivity (Wildman–Crippen MR) is 128 cm³/mol. The molecule has 7 N–H and O–H groups in total. The number of guanidine groups is 1. The van der Waals surface area contributed by atoms with Crippen molar-refractivity contribution in [2.75, 3.05) is 5.32 Å². The molecule has 1 aromatic carbocycles. The SMILES string of the molecule is N/N=C(\NN)NC(=O)Cn1c(=O)c2cc(F)c(NC3CCCCC3)cc2n(C2CCCC2)c1=O. The van der Waals surface area contributed by atoms with Gasteiger partial charge in [0.1, 0.15) is 12.4 Å². The van der Waals surface area contributed by atoms with Gasteiger partial charge >= 0.3 is 5.69 Å². The minimum absolute atomic E-state index is 0.0515. The molecule has 0 radical (unpaired) electrons. The maximum Gasteiger partial charge on any atom is 0.332 e. The molecule has 4 rings (SSSR count). The van der Waals surface area contributed by atoms with Crippen molar-refractivity contribution in [1.82, 2.24) is 19.9 Å². The number of nitrogens with zero attached hydrogens (tertiary/aromatic N) is 3. The second-order valence-corrected chi connectivity index (χ2v) is 8.98. The molecular weight excluding hydrogens is 443 g/mol. The number of halogens is 1. The number of nitrogens with one attached hydrogen (secondary N) is 3. The molecule has 0 aliphatic heterocycles. The van der Waals surface area contributed by atoms with Crippen LogP contribution in [0, 0.1) is 5.82 Å². The van der Waals surface area contributed by atoms with Crippen LogP contribution in [-0.4, -0.2) is 27.0 Å². The van der Waals surface area contributed by atoms with E-state index in [1.807, 2.05) is 0 Å². The highest BCUT2D eigenvalue weighted by molar-refractivity contribution is 5.96. The summed E-state index contributed by atoms with van der Waals surface area (Å²) in [7, 11) is 0. The van der Waals surface area contributed by atoms with Crippen molar-refractivity contribution in [2.24, 2.45) is 16.8 Å². The fourth-order valence-corrected chi connectivity index (χ4v) is 5.05. The van der Waals surface area contributed by atoms with Crippen molar-refractivity contribution in [3.63, 3.8) is 0 Å². The van der Waals surface area contributed by atoms with Crippen LogP contribution >= 0.6 is 0 Å². The van der Waals surface area contributed by atoms with Crippen LogP contribution in [-0.2, 0) is 11.3 Å². The molecule has 2 aliphatic rings. The Kier molecular flexibility index (Phi) is 7.15. The summed E-state index contributed by atoms with van der Waals surface area (Å²) in [5.41, 5.74) is 1.42. The number of amides is 1. The van der Waals surface area contributed by atoms with Gasteiger partial charge in [-0.05, 0) is 37.8 Å². The number of anilines is 1. The molecule has 0 unspecified atom stereocenters. The van der Waals surface area contributed by atoms with E-state index >= 15 is 4.39 Å². The number of aromatic nitrogens is 2. The Morgan fingerprint density at radius 2 is 1.76 bits per heavy atom. The quantitative estimate of drug-likeness (QED) is 0.187. The monoisotopic (exact) mass is 474 g/mol. The number of benzene rings is 1. The summed E-state index contributed by atoms with van der Waals surface area (Å²) in [6.45, 7) is -0.593.